The number of carbonyl (C=O) groups is 1. The second-order valence-corrected chi connectivity index (χ2v) is 5.16. The van der Waals surface area contributed by atoms with Crippen molar-refractivity contribution < 1.29 is 9.90 Å². The highest BCUT2D eigenvalue weighted by atomic mass is 32.1. The van der Waals surface area contributed by atoms with Gasteiger partial charge < -0.3 is 10.4 Å². The number of hydrogen-bond donors (Lipinski definition) is 2. The third-order valence-electron chi connectivity index (χ3n) is 3.03. The maximum Gasteiger partial charge on any atom is 0.252 e. The first-order chi connectivity index (χ1) is 9.22. The molecule has 0 aliphatic carbocycles. The standard InChI is InChI=1S/C15H17NO2S/c1-11-9-19-10-13(11)15(18)16-14(7-8-17)12-5-3-2-4-6-12/h2-6,9-10,14,17H,7-8H2,1H3,(H,16,18)/t14-/m1/s1. The van der Waals surface area contributed by atoms with Gasteiger partial charge in [0.25, 0.3) is 5.91 Å². The largest absolute Gasteiger partial charge is 0.396 e. The smallest absolute Gasteiger partial charge is 0.252 e. The molecule has 0 radical (unpaired) electrons. The van der Waals surface area contributed by atoms with Crippen molar-refractivity contribution in [2.45, 2.75) is 19.4 Å². The minimum atomic E-state index is -0.155. The van der Waals surface area contributed by atoms with Crippen LogP contribution in [-0.2, 0) is 0 Å². The molecule has 4 heteroatoms. The van der Waals surface area contributed by atoms with Crippen molar-refractivity contribution in [3.05, 3.63) is 57.8 Å². The molecule has 1 aromatic carbocycles. The normalized spacial score (nSPS) is 12.1. The highest BCUT2D eigenvalue weighted by molar-refractivity contribution is 7.08. The van der Waals surface area contributed by atoms with Crippen LogP contribution in [0.25, 0.3) is 0 Å². The molecule has 3 nitrogen and oxygen atoms in total. The third kappa shape index (κ3) is 3.43. The number of thiophene rings is 1. The molecular weight excluding hydrogens is 258 g/mol. The Labute approximate surface area is 116 Å². The molecule has 0 aliphatic rings. The molecule has 0 spiro atoms. The van der Waals surface area contributed by atoms with Crippen LogP contribution >= 0.6 is 11.3 Å². The van der Waals surface area contributed by atoms with Crippen LogP contribution in [0.5, 0.6) is 0 Å². The lowest BCUT2D eigenvalue weighted by Crippen LogP contribution is -2.29. The Morgan fingerprint density at radius 2 is 2.05 bits per heavy atom. The monoisotopic (exact) mass is 275 g/mol. The molecule has 1 heterocycles. The lowest BCUT2D eigenvalue weighted by molar-refractivity contribution is 0.0930. The van der Waals surface area contributed by atoms with E-state index in [0.717, 1.165) is 11.1 Å². The summed E-state index contributed by atoms with van der Waals surface area (Å²) in [6, 6.07) is 9.56. The molecule has 100 valence electrons. The highest BCUT2D eigenvalue weighted by Crippen LogP contribution is 2.19. The first kappa shape index (κ1) is 13.8. The van der Waals surface area contributed by atoms with E-state index in [-0.39, 0.29) is 18.6 Å². The Bertz CT molecular complexity index is 536. The Balaban J connectivity index is 2.14. The summed E-state index contributed by atoms with van der Waals surface area (Å²) in [7, 11) is 0. The van der Waals surface area contributed by atoms with E-state index in [1.54, 1.807) is 0 Å². The van der Waals surface area contributed by atoms with E-state index < -0.39 is 0 Å². The van der Waals surface area contributed by atoms with Gasteiger partial charge in [-0.3, -0.25) is 4.79 Å². The number of nitrogens with one attached hydrogen (secondary N) is 1. The molecule has 0 unspecified atom stereocenters. The van der Waals surface area contributed by atoms with Gasteiger partial charge in [-0.1, -0.05) is 30.3 Å². The maximum atomic E-state index is 12.2. The molecule has 2 N–H and O–H groups in total. The topological polar surface area (TPSA) is 49.3 Å². The maximum absolute atomic E-state index is 12.2. The first-order valence-corrected chi connectivity index (χ1v) is 7.16. The molecule has 2 aromatic rings. The Morgan fingerprint density at radius 1 is 1.32 bits per heavy atom. The van der Waals surface area contributed by atoms with Gasteiger partial charge >= 0.3 is 0 Å². The van der Waals surface area contributed by atoms with E-state index in [9.17, 15) is 4.79 Å². The quantitative estimate of drug-likeness (QED) is 0.881. The van der Waals surface area contributed by atoms with Crippen molar-refractivity contribution >= 4 is 17.2 Å². The van der Waals surface area contributed by atoms with Gasteiger partial charge in [-0.15, -0.1) is 0 Å². The molecular formula is C15H17NO2S. The number of benzene rings is 1. The van der Waals surface area contributed by atoms with Crippen molar-refractivity contribution in [2.24, 2.45) is 0 Å². The summed E-state index contributed by atoms with van der Waals surface area (Å²) in [6.07, 6.45) is 0.513. The highest BCUT2D eigenvalue weighted by Gasteiger charge is 2.16. The van der Waals surface area contributed by atoms with Crippen LogP contribution in [0.15, 0.2) is 41.1 Å². The minimum absolute atomic E-state index is 0.0441. The summed E-state index contributed by atoms with van der Waals surface area (Å²) in [4.78, 5) is 12.2. The van der Waals surface area contributed by atoms with E-state index in [0.29, 0.717) is 12.0 Å². The lowest BCUT2D eigenvalue weighted by atomic mass is 10.0. The summed E-state index contributed by atoms with van der Waals surface area (Å²) in [5, 5.41) is 15.9. The van der Waals surface area contributed by atoms with Crippen LogP contribution in [-0.4, -0.2) is 17.6 Å². The summed E-state index contributed by atoms with van der Waals surface area (Å²) < 4.78 is 0. The van der Waals surface area contributed by atoms with E-state index in [1.807, 2.05) is 48.0 Å². The molecule has 0 bridgehead atoms. The average Bonchev–Trinajstić information content (AvgIpc) is 2.85. The molecule has 1 amide bonds. The number of aliphatic hydroxyl groups is 1. The van der Waals surface area contributed by atoms with Gasteiger partial charge in [0.2, 0.25) is 0 Å². The second-order valence-electron chi connectivity index (χ2n) is 4.42. The molecule has 0 saturated heterocycles. The van der Waals surface area contributed by atoms with E-state index in [1.165, 1.54) is 11.3 Å². The molecule has 19 heavy (non-hydrogen) atoms. The lowest BCUT2D eigenvalue weighted by Gasteiger charge is -2.18. The fourth-order valence-electron chi connectivity index (χ4n) is 1.97. The minimum Gasteiger partial charge on any atom is -0.396 e. The van der Waals surface area contributed by atoms with Crippen LogP contribution in [0.4, 0.5) is 0 Å². The van der Waals surface area contributed by atoms with Crippen molar-refractivity contribution in [3.8, 4) is 0 Å². The SMILES string of the molecule is Cc1cscc1C(=O)N[C@H](CCO)c1ccccc1. The zero-order chi connectivity index (χ0) is 13.7. The fraction of sp³-hybridized carbons (Fsp3) is 0.267. The van der Waals surface area contributed by atoms with Gasteiger partial charge in [-0.2, -0.15) is 11.3 Å². The van der Waals surface area contributed by atoms with Crippen LogP contribution in [0.3, 0.4) is 0 Å². The van der Waals surface area contributed by atoms with Gasteiger partial charge in [0.1, 0.15) is 0 Å². The molecule has 0 aliphatic heterocycles. The summed E-state index contributed by atoms with van der Waals surface area (Å²) in [6.45, 7) is 1.97. The number of carbonyl (C=O) groups excluding carboxylic acids is 1. The zero-order valence-electron chi connectivity index (χ0n) is 10.8. The number of rotatable bonds is 5. The van der Waals surface area contributed by atoms with Gasteiger partial charge in [0.15, 0.2) is 0 Å². The van der Waals surface area contributed by atoms with Crippen molar-refractivity contribution in [2.75, 3.05) is 6.61 Å². The predicted octanol–water partition coefficient (Wildman–Crippen LogP) is 2.91. The molecule has 1 atom stereocenters. The average molecular weight is 275 g/mol. The van der Waals surface area contributed by atoms with Gasteiger partial charge in [0.05, 0.1) is 11.6 Å². The summed E-state index contributed by atoms with van der Waals surface area (Å²) in [5.41, 5.74) is 2.71. The molecule has 0 saturated carbocycles. The zero-order valence-corrected chi connectivity index (χ0v) is 11.6. The second kappa shape index (κ2) is 6.50. The Hall–Kier alpha value is -1.65. The van der Waals surface area contributed by atoms with Crippen molar-refractivity contribution in [3.63, 3.8) is 0 Å². The number of hydrogen-bond acceptors (Lipinski definition) is 3. The van der Waals surface area contributed by atoms with Crippen LogP contribution in [0, 0.1) is 6.92 Å². The van der Waals surface area contributed by atoms with Crippen molar-refractivity contribution in [1.29, 1.82) is 0 Å². The van der Waals surface area contributed by atoms with Crippen LogP contribution in [0.1, 0.15) is 33.9 Å². The molecule has 0 fully saturated rings. The summed E-state index contributed by atoms with van der Waals surface area (Å²) in [5.74, 6) is -0.0824. The first-order valence-electron chi connectivity index (χ1n) is 6.22. The third-order valence-corrected chi connectivity index (χ3v) is 3.89. The number of aryl methyl sites for hydroxylation is 1. The van der Waals surface area contributed by atoms with Gasteiger partial charge in [-0.05, 0) is 29.9 Å². The van der Waals surface area contributed by atoms with Crippen LogP contribution in [0.2, 0.25) is 0 Å². The van der Waals surface area contributed by atoms with E-state index >= 15 is 0 Å². The summed E-state index contributed by atoms with van der Waals surface area (Å²) >= 11 is 1.52. The predicted molar refractivity (Wildman–Crippen MR) is 77.4 cm³/mol. The Kier molecular flexibility index (Phi) is 4.71. The number of amides is 1. The van der Waals surface area contributed by atoms with E-state index in [2.05, 4.69) is 5.32 Å². The Morgan fingerprint density at radius 3 is 2.63 bits per heavy atom. The van der Waals surface area contributed by atoms with Gasteiger partial charge in [-0.25, -0.2) is 0 Å². The number of aliphatic hydroxyl groups excluding tert-OH is 1. The molecule has 2 rings (SSSR count). The fourth-order valence-corrected chi connectivity index (χ4v) is 2.79. The van der Waals surface area contributed by atoms with Gasteiger partial charge in [0, 0.05) is 12.0 Å². The van der Waals surface area contributed by atoms with E-state index in [4.69, 9.17) is 5.11 Å². The van der Waals surface area contributed by atoms with Crippen molar-refractivity contribution in [1.82, 2.24) is 5.32 Å². The molecule has 1 aromatic heterocycles. The van der Waals surface area contributed by atoms with Crippen LogP contribution < -0.4 is 5.32 Å².